The molecule has 5 heteroatoms. The third kappa shape index (κ3) is 4.93. The standard InChI is InChI=1S/C19H23NO3S/c1-4-22-16-10-11-18(23-5-2)17(12-16)20-19(21)15-8-6-14(7-9-15)13-24-3/h6-12H,4-5,13H2,1-3H3,(H,20,21). The van der Waals surface area contributed by atoms with Crippen LogP contribution in [0.3, 0.4) is 0 Å². The van der Waals surface area contributed by atoms with Crippen LogP contribution in [0.5, 0.6) is 11.5 Å². The third-order valence-corrected chi connectivity index (χ3v) is 3.96. The minimum Gasteiger partial charge on any atom is -0.494 e. The number of amides is 1. The summed E-state index contributed by atoms with van der Waals surface area (Å²) < 4.78 is 11.1. The molecule has 0 bridgehead atoms. The predicted molar refractivity (Wildman–Crippen MR) is 100 cm³/mol. The zero-order chi connectivity index (χ0) is 17.4. The number of thioether (sulfide) groups is 1. The smallest absolute Gasteiger partial charge is 0.255 e. The van der Waals surface area contributed by atoms with Gasteiger partial charge in [-0.3, -0.25) is 4.79 Å². The quantitative estimate of drug-likeness (QED) is 0.759. The van der Waals surface area contributed by atoms with Gasteiger partial charge < -0.3 is 14.8 Å². The number of benzene rings is 2. The second-order valence-corrected chi connectivity index (χ2v) is 5.97. The van der Waals surface area contributed by atoms with E-state index in [2.05, 4.69) is 11.6 Å². The normalized spacial score (nSPS) is 10.3. The largest absolute Gasteiger partial charge is 0.494 e. The van der Waals surface area contributed by atoms with Crippen molar-refractivity contribution in [3.63, 3.8) is 0 Å². The van der Waals surface area contributed by atoms with E-state index in [4.69, 9.17) is 9.47 Å². The summed E-state index contributed by atoms with van der Waals surface area (Å²) >= 11 is 1.75. The maximum atomic E-state index is 12.5. The molecule has 0 spiro atoms. The average Bonchev–Trinajstić information content (AvgIpc) is 2.58. The number of carbonyl (C=O) groups excluding carboxylic acids is 1. The molecule has 24 heavy (non-hydrogen) atoms. The zero-order valence-electron chi connectivity index (χ0n) is 14.3. The zero-order valence-corrected chi connectivity index (χ0v) is 15.1. The fraction of sp³-hybridized carbons (Fsp3) is 0.316. The van der Waals surface area contributed by atoms with Gasteiger partial charge >= 0.3 is 0 Å². The molecular weight excluding hydrogens is 322 g/mol. The SMILES string of the molecule is CCOc1ccc(OCC)c(NC(=O)c2ccc(CSC)cc2)c1. The predicted octanol–water partition coefficient (Wildman–Crippen LogP) is 4.60. The first-order valence-electron chi connectivity index (χ1n) is 7.96. The molecule has 0 aliphatic carbocycles. The molecule has 128 valence electrons. The summed E-state index contributed by atoms with van der Waals surface area (Å²) in [5.74, 6) is 2.10. The molecular formula is C19H23NO3S. The van der Waals surface area contributed by atoms with E-state index in [-0.39, 0.29) is 5.91 Å². The fourth-order valence-corrected chi connectivity index (χ4v) is 2.78. The molecule has 0 fully saturated rings. The number of hydrogen-bond acceptors (Lipinski definition) is 4. The van der Waals surface area contributed by atoms with Crippen molar-refractivity contribution in [2.45, 2.75) is 19.6 Å². The van der Waals surface area contributed by atoms with Gasteiger partial charge in [0.1, 0.15) is 11.5 Å². The number of anilines is 1. The minimum atomic E-state index is -0.166. The van der Waals surface area contributed by atoms with Crippen LogP contribution in [0, 0.1) is 0 Å². The van der Waals surface area contributed by atoms with Crippen molar-refractivity contribution in [1.29, 1.82) is 0 Å². The van der Waals surface area contributed by atoms with Crippen molar-refractivity contribution < 1.29 is 14.3 Å². The molecule has 0 aliphatic heterocycles. The highest BCUT2D eigenvalue weighted by atomic mass is 32.2. The topological polar surface area (TPSA) is 47.6 Å². The lowest BCUT2D eigenvalue weighted by atomic mass is 10.1. The van der Waals surface area contributed by atoms with E-state index in [0.717, 1.165) is 5.75 Å². The van der Waals surface area contributed by atoms with E-state index in [1.807, 2.05) is 50.2 Å². The first kappa shape index (κ1) is 18.2. The summed E-state index contributed by atoms with van der Waals surface area (Å²) in [7, 11) is 0. The van der Waals surface area contributed by atoms with Crippen molar-refractivity contribution in [2.24, 2.45) is 0 Å². The Bertz CT molecular complexity index is 671. The van der Waals surface area contributed by atoms with E-state index in [9.17, 15) is 4.79 Å². The highest BCUT2D eigenvalue weighted by Crippen LogP contribution is 2.30. The van der Waals surface area contributed by atoms with Gasteiger partial charge in [-0.1, -0.05) is 12.1 Å². The summed E-state index contributed by atoms with van der Waals surface area (Å²) in [5, 5.41) is 2.91. The third-order valence-electron chi connectivity index (χ3n) is 3.34. The van der Waals surface area contributed by atoms with E-state index in [1.165, 1.54) is 5.56 Å². The van der Waals surface area contributed by atoms with Gasteiger partial charge in [0.05, 0.1) is 18.9 Å². The molecule has 2 aromatic rings. The maximum absolute atomic E-state index is 12.5. The minimum absolute atomic E-state index is 0.166. The Morgan fingerprint density at radius 2 is 1.75 bits per heavy atom. The Hall–Kier alpha value is -2.14. The molecule has 0 aliphatic rings. The van der Waals surface area contributed by atoms with Gasteiger partial charge in [0.15, 0.2) is 0 Å². The second kappa shape index (κ2) is 9.23. The van der Waals surface area contributed by atoms with Crippen LogP contribution in [0.1, 0.15) is 29.8 Å². The van der Waals surface area contributed by atoms with Gasteiger partial charge in [-0.15, -0.1) is 0 Å². The molecule has 2 aromatic carbocycles. The molecule has 0 saturated carbocycles. The monoisotopic (exact) mass is 345 g/mol. The lowest BCUT2D eigenvalue weighted by Crippen LogP contribution is -2.13. The van der Waals surface area contributed by atoms with Crippen molar-refractivity contribution in [3.8, 4) is 11.5 Å². The van der Waals surface area contributed by atoms with Gasteiger partial charge in [-0.05, 0) is 49.9 Å². The Morgan fingerprint density at radius 3 is 2.38 bits per heavy atom. The average molecular weight is 345 g/mol. The molecule has 0 heterocycles. The molecule has 0 radical (unpaired) electrons. The van der Waals surface area contributed by atoms with E-state index < -0.39 is 0 Å². The number of carbonyl (C=O) groups is 1. The summed E-state index contributed by atoms with van der Waals surface area (Å²) in [6.45, 7) is 4.93. The van der Waals surface area contributed by atoms with Crippen LogP contribution in [0.15, 0.2) is 42.5 Å². The highest BCUT2D eigenvalue weighted by molar-refractivity contribution is 7.97. The van der Waals surface area contributed by atoms with E-state index >= 15 is 0 Å². The van der Waals surface area contributed by atoms with E-state index in [0.29, 0.717) is 36.0 Å². The van der Waals surface area contributed by atoms with Crippen LogP contribution in [-0.2, 0) is 5.75 Å². The molecule has 4 nitrogen and oxygen atoms in total. The summed E-state index contributed by atoms with van der Waals surface area (Å²) in [6.07, 6.45) is 2.06. The molecule has 1 amide bonds. The van der Waals surface area contributed by atoms with E-state index in [1.54, 1.807) is 17.8 Å². The van der Waals surface area contributed by atoms with Crippen LogP contribution in [-0.4, -0.2) is 25.4 Å². The van der Waals surface area contributed by atoms with Crippen LogP contribution in [0.2, 0.25) is 0 Å². The number of nitrogens with one attached hydrogen (secondary N) is 1. The van der Waals surface area contributed by atoms with Crippen LogP contribution in [0.25, 0.3) is 0 Å². The summed E-state index contributed by atoms with van der Waals surface area (Å²) in [6, 6.07) is 13.1. The Morgan fingerprint density at radius 1 is 1.04 bits per heavy atom. The first-order chi connectivity index (χ1) is 11.7. The summed E-state index contributed by atoms with van der Waals surface area (Å²) in [4.78, 5) is 12.5. The van der Waals surface area contributed by atoms with Gasteiger partial charge in [0.25, 0.3) is 5.91 Å². The number of ether oxygens (including phenoxy) is 2. The Kier molecular flexibility index (Phi) is 7.00. The van der Waals surface area contributed by atoms with Crippen molar-refractivity contribution in [3.05, 3.63) is 53.6 Å². The van der Waals surface area contributed by atoms with Crippen molar-refractivity contribution in [1.82, 2.24) is 0 Å². The lowest BCUT2D eigenvalue weighted by molar-refractivity contribution is 0.102. The molecule has 0 aromatic heterocycles. The Balaban J connectivity index is 2.18. The Labute approximate surface area is 147 Å². The van der Waals surface area contributed by atoms with Gasteiger partial charge in [0, 0.05) is 17.4 Å². The van der Waals surface area contributed by atoms with Gasteiger partial charge in [0.2, 0.25) is 0 Å². The van der Waals surface area contributed by atoms with Crippen LogP contribution in [0.4, 0.5) is 5.69 Å². The molecule has 1 N–H and O–H groups in total. The van der Waals surface area contributed by atoms with Gasteiger partial charge in [-0.25, -0.2) is 0 Å². The fourth-order valence-electron chi connectivity index (χ4n) is 2.26. The molecule has 0 unspecified atom stereocenters. The molecule has 0 saturated heterocycles. The second-order valence-electron chi connectivity index (χ2n) is 5.11. The van der Waals surface area contributed by atoms with Gasteiger partial charge in [-0.2, -0.15) is 11.8 Å². The maximum Gasteiger partial charge on any atom is 0.255 e. The van der Waals surface area contributed by atoms with Crippen LogP contribution < -0.4 is 14.8 Å². The summed E-state index contributed by atoms with van der Waals surface area (Å²) in [5.41, 5.74) is 2.43. The van der Waals surface area contributed by atoms with Crippen molar-refractivity contribution in [2.75, 3.05) is 24.8 Å². The lowest BCUT2D eigenvalue weighted by Gasteiger charge is -2.13. The number of hydrogen-bond donors (Lipinski definition) is 1. The van der Waals surface area contributed by atoms with Crippen LogP contribution >= 0.6 is 11.8 Å². The molecule has 2 rings (SSSR count). The van der Waals surface area contributed by atoms with Crippen molar-refractivity contribution >= 4 is 23.4 Å². The first-order valence-corrected chi connectivity index (χ1v) is 9.36. The highest BCUT2D eigenvalue weighted by Gasteiger charge is 2.11. The molecule has 0 atom stereocenters. The number of rotatable bonds is 8.